The molecule has 2 aromatic heterocycles. The summed E-state index contributed by atoms with van der Waals surface area (Å²) in [5, 5.41) is 0. The van der Waals surface area contributed by atoms with Gasteiger partial charge in [0, 0.05) is 30.6 Å². The Morgan fingerprint density at radius 1 is 1.06 bits per heavy atom. The molecule has 0 spiro atoms. The van der Waals surface area contributed by atoms with E-state index in [0.29, 0.717) is 28.4 Å². The summed E-state index contributed by atoms with van der Waals surface area (Å²) in [6.07, 6.45) is -2.12. The molecule has 0 aliphatic rings. The van der Waals surface area contributed by atoms with Gasteiger partial charge in [-0.3, -0.25) is 4.40 Å². The minimum absolute atomic E-state index is 0.0888. The Balaban J connectivity index is 0.00000222. The third-order valence-corrected chi connectivity index (χ3v) is 4.95. The number of benzene rings is 1. The van der Waals surface area contributed by atoms with E-state index in [1.54, 1.807) is 35.9 Å². The van der Waals surface area contributed by atoms with E-state index in [1.807, 2.05) is 41.5 Å². The highest BCUT2D eigenvalue weighted by atomic mass is 19.4. The van der Waals surface area contributed by atoms with E-state index in [1.165, 1.54) is 17.0 Å². The summed E-state index contributed by atoms with van der Waals surface area (Å²) < 4.78 is 71.7. The number of aryl methyl sites for hydroxylation is 2. The summed E-state index contributed by atoms with van der Waals surface area (Å²) in [6.45, 7) is 12.5. The minimum Gasteiger partial charge on any atom is -0.455 e. The van der Waals surface area contributed by atoms with Gasteiger partial charge in [0.05, 0.1) is 23.9 Å². The van der Waals surface area contributed by atoms with Crippen molar-refractivity contribution < 1.29 is 31.8 Å². The van der Waals surface area contributed by atoms with Crippen LogP contribution in [0.3, 0.4) is 0 Å². The quantitative estimate of drug-likeness (QED) is 0.169. The van der Waals surface area contributed by atoms with Crippen LogP contribution in [-0.2, 0) is 9.47 Å². The normalized spacial score (nSPS) is 11.9. The van der Waals surface area contributed by atoms with Gasteiger partial charge < -0.3 is 19.1 Å². The summed E-state index contributed by atoms with van der Waals surface area (Å²) in [4.78, 5) is 5.81. The Kier molecular flexibility index (Phi) is 10.1. The fraction of sp³-hybridized carbons (Fsp3) is 0.500. The average Bonchev–Trinajstić information content (AvgIpc) is 3.16. The number of pyridine rings is 1. The Labute approximate surface area is 209 Å². The Hall–Kier alpha value is -2.85. The van der Waals surface area contributed by atoms with Crippen LogP contribution in [-0.4, -0.2) is 41.2 Å². The molecule has 0 unspecified atom stereocenters. The zero-order chi connectivity index (χ0) is 27.1. The van der Waals surface area contributed by atoms with Crippen LogP contribution in [0.2, 0.25) is 0 Å². The molecule has 6 nitrogen and oxygen atoms in total. The van der Waals surface area contributed by atoms with E-state index < -0.39 is 24.0 Å². The van der Waals surface area contributed by atoms with Crippen LogP contribution in [0.1, 0.15) is 52.3 Å². The number of anilines is 1. The fourth-order valence-electron chi connectivity index (χ4n) is 3.14. The molecule has 0 saturated heterocycles. The maximum atomic E-state index is 13.8. The predicted molar refractivity (Wildman–Crippen MR) is 132 cm³/mol. The SMILES string of the molecule is CC.Cc1ccc(F)cc1Oc1cc(N(CCC(F)(F)F)COCOC(C)(C)C)c2ncc(C)n2c1. The van der Waals surface area contributed by atoms with Crippen LogP contribution in [0.4, 0.5) is 23.2 Å². The third kappa shape index (κ3) is 8.67. The molecule has 0 amide bonds. The summed E-state index contributed by atoms with van der Waals surface area (Å²) >= 11 is 0. The first kappa shape index (κ1) is 29.4. The number of imidazole rings is 1. The summed E-state index contributed by atoms with van der Waals surface area (Å²) in [5.41, 5.74) is 1.84. The Morgan fingerprint density at radius 3 is 2.39 bits per heavy atom. The molecule has 0 aliphatic heterocycles. The first-order valence-electron chi connectivity index (χ1n) is 11.8. The topological polar surface area (TPSA) is 48.2 Å². The van der Waals surface area contributed by atoms with Crippen LogP contribution in [0.5, 0.6) is 11.5 Å². The predicted octanol–water partition coefficient (Wildman–Crippen LogP) is 7.41. The van der Waals surface area contributed by atoms with Crippen LogP contribution in [0.25, 0.3) is 5.65 Å². The van der Waals surface area contributed by atoms with Crippen LogP contribution < -0.4 is 9.64 Å². The molecule has 0 radical (unpaired) electrons. The van der Waals surface area contributed by atoms with Gasteiger partial charge in [-0.05, 0) is 46.2 Å². The first-order valence-corrected chi connectivity index (χ1v) is 11.8. The highest BCUT2D eigenvalue weighted by Crippen LogP contribution is 2.33. The minimum atomic E-state index is -4.35. The smallest absolute Gasteiger partial charge is 0.390 e. The highest BCUT2D eigenvalue weighted by molar-refractivity contribution is 5.71. The first-order chi connectivity index (χ1) is 16.8. The van der Waals surface area contributed by atoms with Gasteiger partial charge >= 0.3 is 6.18 Å². The molecule has 2 heterocycles. The Bertz CT molecular complexity index is 1120. The molecule has 36 heavy (non-hydrogen) atoms. The van der Waals surface area contributed by atoms with Crippen molar-refractivity contribution in [1.82, 2.24) is 9.38 Å². The van der Waals surface area contributed by atoms with Crippen LogP contribution >= 0.6 is 0 Å². The molecule has 0 saturated carbocycles. The number of rotatable bonds is 9. The lowest BCUT2D eigenvalue weighted by molar-refractivity contribution is -0.135. The molecule has 0 N–H and O–H groups in total. The summed E-state index contributed by atoms with van der Waals surface area (Å²) in [7, 11) is 0. The monoisotopic (exact) mass is 513 g/mol. The van der Waals surface area contributed by atoms with Crippen molar-refractivity contribution in [2.45, 2.75) is 66.7 Å². The average molecular weight is 514 g/mol. The fourth-order valence-corrected chi connectivity index (χ4v) is 3.14. The number of fused-ring (bicyclic) bond motifs is 1. The molecular formula is C26H35F4N3O3. The van der Waals surface area contributed by atoms with Crippen LogP contribution in [0, 0.1) is 19.7 Å². The lowest BCUT2D eigenvalue weighted by Crippen LogP contribution is -2.32. The van der Waals surface area contributed by atoms with Gasteiger partial charge in [0.1, 0.15) is 30.8 Å². The van der Waals surface area contributed by atoms with Gasteiger partial charge in [-0.2, -0.15) is 13.2 Å². The molecule has 200 valence electrons. The number of aromatic nitrogens is 2. The van der Waals surface area contributed by atoms with E-state index >= 15 is 0 Å². The van der Waals surface area contributed by atoms with Crippen molar-refractivity contribution in [2.75, 3.05) is 25.0 Å². The number of ether oxygens (including phenoxy) is 3. The number of nitrogens with zero attached hydrogens (tertiary/aromatic N) is 3. The molecule has 3 aromatic rings. The second-order valence-corrected chi connectivity index (χ2v) is 9.00. The molecule has 1 aromatic carbocycles. The van der Waals surface area contributed by atoms with Crippen molar-refractivity contribution in [1.29, 1.82) is 0 Å². The van der Waals surface area contributed by atoms with E-state index in [2.05, 4.69) is 4.98 Å². The van der Waals surface area contributed by atoms with Gasteiger partial charge in [0.15, 0.2) is 5.65 Å². The largest absolute Gasteiger partial charge is 0.455 e. The van der Waals surface area contributed by atoms with Gasteiger partial charge in [-0.15, -0.1) is 0 Å². The van der Waals surface area contributed by atoms with E-state index in [0.717, 1.165) is 5.69 Å². The Morgan fingerprint density at radius 2 is 1.75 bits per heavy atom. The molecule has 0 atom stereocenters. The zero-order valence-electron chi connectivity index (χ0n) is 21.9. The van der Waals surface area contributed by atoms with Gasteiger partial charge in [0.25, 0.3) is 0 Å². The number of hydrogen-bond acceptors (Lipinski definition) is 5. The number of alkyl halides is 3. The van der Waals surface area contributed by atoms with Crippen LogP contribution in [0.15, 0.2) is 36.7 Å². The zero-order valence-corrected chi connectivity index (χ0v) is 21.9. The maximum absolute atomic E-state index is 13.8. The van der Waals surface area contributed by atoms with Crippen molar-refractivity contribution in [3.05, 3.63) is 53.7 Å². The maximum Gasteiger partial charge on any atom is 0.390 e. The van der Waals surface area contributed by atoms with Crippen molar-refractivity contribution in [3.8, 4) is 11.5 Å². The molecule has 0 bridgehead atoms. The second kappa shape index (κ2) is 12.4. The van der Waals surface area contributed by atoms with E-state index in [9.17, 15) is 17.6 Å². The molecule has 0 fully saturated rings. The highest BCUT2D eigenvalue weighted by Gasteiger charge is 2.29. The van der Waals surface area contributed by atoms with Crippen molar-refractivity contribution in [3.63, 3.8) is 0 Å². The summed E-state index contributed by atoms with van der Waals surface area (Å²) in [6, 6.07) is 5.75. The van der Waals surface area contributed by atoms with Gasteiger partial charge in [-0.1, -0.05) is 19.9 Å². The van der Waals surface area contributed by atoms with Gasteiger partial charge in [-0.25, -0.2) is 9.37 Å². The number of halogens is 4. The molecule has 10 heteroatoms. The standard InChI is InChI=1S/C24H29F4N3O3.C2H6/c1-16-6-7-18(25)10-21(16)34-19-11-20(22-29-12-17(2)31(22)13-19)30(9-8-24(26,27)28)14-32-15-33-23(3,4)5;1-2/h6-7,10-13H,8-9,14-15H2,1-5H3;1-2H3. The van der Waals surface area contributed by atoms with E-state index in [-0.39, 0.29) is 20.1 Å². The van der Waals surface area contributed by atoms with E-state index in [4.69, 9.17) is 14.2 Å². The van der Waals surface area contributed by atoms with Crippen molar-refractivity contribution in [2.24, 2.45) is 0 Å². The lowest BCUT2D eigenvalue weighted by Gasteiger charge is -2.27. The number of hydrogen-bond donors (Lipinski definition) is 0. The van der Waals surface area contributed by atoms with Crippen molar-refractivity contribution >= 4 is 11.3 Å². The molecular weight excluding hydrogens is 478 g/mol. The molecule has 3 rings (SSSR count). The second-order valence-electron chi connectivity index (χ2n) is 9.00. The molecule has 0 aliphatic carbocycles. The van der Waals surface area contributed by atoms with Gasteiger partial charge in [0.2, 0.25) is 0 Å². The third-order valence-electron chi connectivity index (χ3n) is 4.95. The summed E-state index contributed by atoms with van der Waals surface area (Å²) in [5.74, 6) is 0.166. The lowest BCUT2D eigenvalue weighted by atomic mass is 10.2.